The summed E-state index contributed by atoms with van der Waals surface area (Å²) in [7, 11) is 0. The Bertz CT molecular complexity index is 654. The number of amides is 1. The van der Waals surface area contributed by atoms with Crippen LogP contribution in [0.25, 0.3) is 0 Å². The molecule has 1 unspecified atom stereocenters. The number of carbonyl (C=O) groups excluding carboxylic acids is 1. The van der Waals surface area contributed by atoms with Gasteiger partial charge in [0.15, 0.2) is 17.5 Å². The first-order chi connectivity index (χ1) is 9.83. The van der Waals surface area contributed by atoms with E-state index in [0.717, 1.165) is 6.07 Å². The molecule has 21 heavy (non-hydrogen) atoms. The number of halogens is 3. The third-order valence-corrected chi connectivity index (χ3v) is 2.92. The van der Waals surface area contributed by atoms with Crippen LogP contribution in [0.2, 0.25) is 0 Å². The summed E-state index contributed by atoms with van der Waals surface area (Å²) >= 11 is 0. The van der Waals surface area contributed by atoms with Crippen LogP contribution in [-0.2, 0) is 5.60 Å². The van der Waals surface area contributed by atoms with Crippen molar-refractivity contribution in [3.05, 3.63) is 59.3 Å². The van der Waals surface area contributed by atoms with Crippen molar-refractivity contribution < 1.29 is 27.5 Å². The number of carbonyl (C=O) groups is 1. The van der Waals surface area contributed by atoms with Gasteiger partial charge in [-0.2, -0.15) is 0 Å². The molecule has 0 saturated carbocycles. The second-order valence-electron chi connectivity index (χ2n) is 4.66. The van der Waals surface area contributed by atoms with Gasteiger partial charge in [-0.25, -0.2) is 13.2 Å². The molecule has 2 aromatic rings. The zero-order valence-electron chi connectivity index (χ0n) is 11.0. The molecular weight excluding hydrogens is 287 g/mol. The average molecular weight is 299 g/mol. The van der Waals surface area contributed by atoms with Crippen LogP contribution < -0.4 is 5.32 Å². The highest BCUT2D eigenvalue weighted by Gasteiger charge is 2.28. The van der Waals surface area contributed by atoms with Gasteiger partial charge in [-0.15, -0.1) is 0 Å². The van der Waals surface area contributed by atoms with Crippen molar-refractivity contribution in [3.8, 4) is 0 Å². The van der Waals surface area contributed by atoms with Crippen LogP contribution in [0.4, 0.5) is 13.2 Å². The molecule has 1 atom stereocenters. The Balaban J connectivity index is 2.11. The SMILES string of the molecule is CC(O)(CNC(=O)c1ccc(F)c(F)c1F)c1ccco1. The minimum atomic E-state index is -1.72. The molecule has 0 aliphatic rings. The first-order valence-electron chi connectivity index (χ1n) is 6.01. The third kappa shape index (κ3) is 3.08. The van der Waals surface area contributed by atoms with E-state index in [1.54, 1.807) is 6.07 Å². The Morgan fingerprint density at radius 3 is 2.62 bits per heavy atom. The molecule has 1 heterocycles. The van der Waals surface area contributed by atoms with Gasteiger partial charge in [0.05, 0.1) is 18.4 Å². The molecule has 0 spiro atoms. The van der Waals surface area contributed by atoms with Crippen molar-refractivity contribution in [2.75, 3.05) is 6.54 Å². The zero-order chi connectivity index (χ0) is 15.6. The summed E-state index contributed by atoms with van der Waals surface area (Å²) in [6.45, 7) is 1.09. The van der Waals surface area contributed by atoms with Crippen LogP contribution in [0.1, 0.15) is 23.0 Å². The molecule has 2 rings (SSSR count). The molecule has 0 fully saturated rings. The largest absolute Gasteiger partial charge is 0.466 e. The molecule has 7 heteroatoms. The molecule has 4 nitrogen and oxygen atoms in total. The molecule has 1 aromatic heterocycles. The van der Waals surface area contributed by atoms with Gasteiger partial charge in [0.25, 0.3) is 5.91 Å². The van der Waals surface area contributed by atoms with Crippen LogP contribution in [0.15, 0.2) is 34.9 Å². The van der Waals surface area contributed by atoms with Gasteiger partial charge in [0, 0.05) is 0 Å². The lowest BCUT2D eigenvalue weighted by Gasteiger charge is -2.21. The minimum absolute atomic E-state index is 0.202. The van der Waals surface area contributed by atoms with Crippen molar-refractivity contribution in [2.45, 2.75) is 12.5 Å². The number of benzene rings is 1. The van der Waals surface area contributed by atoms with Crippen molar-refractivity contribution in [3.63, 3.8) is 0 Å². The Morgan fingerprint density at radius 1 is 1.29 bits per heavy atom. The van der Waals surface area contributed by atoms with E-state index in [1.165, 1.54) is 19.3 Å². The molecule has 0 radical (unpaired) electrons. The lowest BCUT2D eigenvalue weighted by atomic mass is 10.0. The van der Waals surface area contributed by atoms with E-state index in [2.05, 4.69) is 5.32 Å². The standard InChI is InChI=1S/C14H12F3NO3/c1-14(20,10-3-2-6-21-10)7-18-13(19)8-4-5-9(15)12(17)11(8)16/h2-6,20H,7H2,1H3,(H,18,19). The van der Waals surface area contributed by atoms with Crippen LogP contribution in [0.3, 0.4) is 0 Å². The third-order valence-electron chi connectivity index (χ3n) is 2.92. The topological polar surface area (TPSA) is 62.5 Å². The number of furan rings is 1. The smallest absolute Gasteiger partial charge is 0.254 e. The Morgan fingerprint density at radius 2 is 2.00 bits per heavy atom. The molecule has 0 bridgehead atoms. The fourth-order valence-electron chi connectivity index (χ4n) is 1.72. The summed E-state index contributed by atoms with van der Waals surface area (Å²) in [6, 6.07) is 4.54. The zero-order valence-corrected chi connectivity index (χ0v) is 11.0. The average Bonchev–Trinajstić information content (AvgIpc) is 2.97. The maximum atomic E-state index is 13.4. The Kier molecular flexibility index (Phi) is 4.04. The van der Waals surface area contributed by atoms with Crippen molar-refractivity contribution in [1.82, 2.24) is 5.32 Å². The summed E-state index contributed by atoms with van der Waals surface area (Å²) in [5.74, 6) is -5.45. The fourth-order valence-corrected chi connectivity index (χ4v) is 1.72. The molecule has 0 saturated heterocycles. The monoisotopic (exact) mass is 299 g/mol. The maximum absolute atomic E-state index is 13.4. The summed E-state index contributed by atoms with van der Waals surface area (Å²) in [6.07, 6.45) is 1.35. The van der Waals surface area contributed by atoms with E-state index < -0.39 is 34.5 Å². The predicted octanol–water partition coefficient (Wildman–Crippen LogP) is 2.33. The van der Waals surface area contributed by atoms with Gasteiger partial charge in [0.1, 0.15) is 11.4 Å². The van der Waals surface area contributed by atoms with Gasteiger partial charge in [-0.05, 0) is 31.2 Å². The first kappa shape index (κ1) is 15.1. The molecule has 2 N–H and O–H groups in total. The second-order valence-corrected chi connectivity index (χ2v) is 4.66. The van der Waals surface area contributed by atoms with Crippen molar-refractivity contribution in [2.24, 2.45) is 0 Å². The molecular formula is C14H12F3NO3. The second kappa shape index (κ2) is 5.61. The van der Waals surface area contributed by atoms with E-state index in [0.29, 0.717) is 6.07 Å². The van der Waals surface area contributed by atoms with Crippen LogP contribution in [0.5, 0.6) is 0 Å². The highest BCUT2D eigenvalue weighted by Crippen LogP contribution is 2.20. The summed E-state index contributed by atoms with van der Waals surface area (Å²) in [5.41, 5.74) is -2.17. The summed E-state index contributed by atoms with van der Waals surface area (Å²) in [5, 5.41) is 12.3. The molecule has 0 aliphatic heterocycles. The minimum Gasteiger partial charge on any atom is -0.466 e. The molecule has 112 valence electrons. The van der Waals surface area contributed by atoms with Gasteiger partial charge < -0.3 is 14.8 Å². The van der Waals surface area contributed by atoms with Crippen LogP contribution in [-0.4, -0.2) is 17.6 Å². The number of aliphatic hydroxyl groups is 1. The van der Waals surface area contributed by atoms with E-state index in [4.69, 9.17) is 4.42 Å². The first-order valence-corrected chi connectivity index (χ1v) is 6.01. The highest BCUT2D eigenvalue weighted by atomic mass is 19.2. The van der Waals surface area contributed by atoms with Crippen molar-refractivity contribution in [1.29, 1.82) is 0 Å². The highest BCUT2D eigenvalue weighted by molar-refractivity contribution is 5.94. The van der Waals surface area contributed by atoms with Gasteiger partial charge in [-0.1, -0.05) is 0 Å². The summed E-state index contributed by atoms with van der Waals surface area (Å²) in [4.78, 5) is 11.8. The number of rotatable bonds is 4. The van der Waals surface area contributed by atoms with E-state index in [9.17, 15) is 23.1 Å². The van der Waals surface area contributed by atoms with Crippen LogP contribution >= 0.6 is 0 Å². The maximum Gasteiger partial charge on any atom is 0.254 e. The fraction of sp³-hybridized carbons (Fsp3) is 0.214. The van der Waals surface area contributed by atoms with Gasteiger partial charge >= 0.3 is 0 Å². The van der Waals surface area contributed by atoms with E-state index in [1.807, 2.05) is 0 Å². The van der Waals surface area contributed by atoms with E-state index >= 15 is 0 Å². The molecule has 1 aromatic carbocycles. The quantitative estimate of drug-likeness (QED) is 0.852. The molecule has 0 aliphatic carbocycles. The number of hydrogen-bond donors (Lipinski definition) is 2. The normalized spacial score (nSPS) is 13.8. The van der Waals surface area contributed by atoms with Gasteiger partial charge in [-0.3, -0.25) is 4.79 Å². The predicted molar refractivity (Wildman–Crippen MR) is 66.9 cm³/mol. The summed E-state index contributed by atoms with van der Waals surface area (Å²) < 4.78 is 44.3. The number of nitrogens with one attached hydrogen (secondary N) is 1. The Hall–Kier alpha value is -2.28. The van der Waals surface area contributed by atoms with E-state index in [-0.39, 0.29) is 12.3 Å². The Labute approximate surface area is 118 Å². The van der Waals surface area contributed by atoms with Gasteiger partial charge in [0.2, 0.25) is 0 Å². The lowest BCUT2D eigenvalue weighted by molar-refractivity contribution is 0.0329. The lowest BCUT2D eigenvalue weighted by Crippen LogP contribution is -2.38. The van der Waals surface area contributed by atoms with Crippen molar-refractivity contribution >= 4 is 5.91 Å². The number of hydrogen-bond acceptors (Lipinski definition) is 3. The van der Waals surface area contributed by atoms with Crippen LogP contribution in [0, 0.1) is 17.5 Å². The molecule has 1 amide bonds.